The molecule has 1 amide bonds. The molecule has 0 unspecified atom stereocenters. The lowest BCUT2D eigenvalue weighted by atomic mass is 10.1. The van der Waals surface area contributed by atoms with Gasteiger partial charge in [0, 0.05) is 16.5 Å². The van der Waals surface area contributed by atoms with E-state index in [4.69, 9.17) is 0 Å². The molecule has 1 heterocycles. The summed E-state index contributed by atoms with van der Waals surface area (Å²) in [5, 5.41) is 0. The van der Waals surface area contributed by atoms with Gasteiger partial charge in [-0.25, -0.2) is 0 Å². The van der Waals surface area contributed by atoms with Crippen LogP contribution in [0.2, 0.25) is 0 Å². The van der Waals surface area contributed by atoms with Crippen molar-refractivity contribution in [3.63, 3.8) is 0 Å². The largest absolute Gasteiger partial charge is 0.331 e. The molecule has 0 atom stereocenters. The lowest BCUT2D eigenvalue weighted by molar-refractivity contribution is -0.121. The number of halogens is 1. The third-order valence-corrected chi connectivity index (χ3v) is 4.39. The van der Waals surface area contributed by atoms with Gasteiger partial charge < -0.3 is 4.90 Å². The predicted molar refractivity (Wildman–Crippen MR) is 74.0 cm³/mol. The number of Topliss-reactive ketones (excluding diaryl/α,β-unsaturated/α-hetero) is 1. The SMILES string of the molecule is Cc1cccc(C(=O)N2CCCC(=O)C2)c1I. The first-order valence-electron chi connectivity index (χ1n) is 5.65. The van der Waals surface area contributed by atoms with Crippen LogP contribution in [0.15, 0.2) is 18.2 Å². The molecule has 0 bridgehead atoms. The van der Waals surface area contributed by atoms with Crippen LogP contribution in [-0.2, 0) is 4.79 Å². The third kappa shape index (κ3) is 2.68. The summed E-state index contributed by atoms with van der Waals surface area (Å²) in [5.41, 5.74) is 1.81. The van der Waals surface area contributed by atoms with Gasteiger partial charge in [0.1, 0.15) is 0 Å². The maximum atomic E-state index is 12.3. The number of hydrogen-bond donors (Lipinski definition) is 0. The molecule has 0 saturated carbocycles. The number of carbonyl (C=O) groups is 2. The molecular formula is C13H14INO2. The summed E-state index contributed by atoms with van der Waals surface area (Å²) in [4.78, 5) is 25.3. The molecular weight excluding hydrogens is 329 g/mol. The van der Waals surface area contributed by atoms with E-state index in [0.29, 0.717) is 18.5 Å². The second-order valence-corrected chi connectivity index (χ2v) is 5.38. The molecule has 4 heteroatoms. The first-order valence-corrected chi connectivity index (χ1v) is 6.73. The average Bonchev–Trinajstić information content (AvgIpc) is 2.32. The second kappa shape index (κ2) is 5.16. The fourth-order valence-corrected chi connectivity index (χ4v) is 2.58. The van der Waals surface area contributed by atoms with Crippen LogP contribution in [0.3, 0.4) is 0 Å². The van der Waals surface area contributed by atoms with Gasteiger partial charge in [-0.3, -0.25) is 9.59 Å². The summed E-state index contributed by atoms with van der Waals surface area (Å²) in [6.07, 6.45) is 1.39. The van der Waals surface area contributed by atoms with E-state index in [1.807, 2.05) is 25.1 Å². The van der Waals surface area contributed by atoms with E-state index in [-0.39, 0.29) is 18.2 Å². The van der Waals surface area contributed by atoms with E-state index < -0.39 is 0 Å². The van der Waals surface area contributed by atoms with Gasteiger partial charge in [-0.1, -0.05) is 12.1 Å². The van der Waals surface area contributed by atoms with Crippen LogP contribution in [0.4, 0.5) is 0 Å². The van der Waals surface area contributed by atoms with Crippen molar-refractivity contribution in [2.24, 2.45) is 0 Å². The lowest BCUT2D eigenvalue weighted by Gasteiger charge is -2.26. The number of carbonyl (C=O) groups excluding carboxylic acids is 2. The monoisotopic (exact) mass is 343 g/mol. The van der Waals surface area contributed by atoms with E-state index in [9.17, 15) is 9.59 Å². The Balaban J connectivity index is 2.24. The van der Waals surface area contributed by atoms with Crippen LogP contribution in [0, 0.1) is 10.5 Å². The van der Waals surface area contributed by atoms with Crippen molar-refractivity contribution in [3.8, 4) is 0 Å². The highest BCUT2D eigenvalue weighted by molar-refractivity contribution is 14.1. The summed E-state index contributed by atoms with van der Waals surface area (Å²) in [6, 6.07) is 5.70. The van der Waals surface area contributed by atoms with Gasteiger partial charge in [-0.2, -0.15) is 0 Å². The molecule has 0 spiro atoms. The Morgan fingerprint density at radius 2 is 2.18 bits per heavy atom. The minimum Gasteiger partial charge on any atom is -0.331 e. The lowest BCUT2D eigenvalue weighted by Crippen LogP contribution is -2.40. The van der Waals surface area contributed by atoms with E-state index >= 15 is 0 Å². The molecule has 0 radical (unpaired) electrons. The van der Waals surface area contributed by atoms with E-state index in [0.717, 1.165) is 15.6 Å². The second-order valence-electron chi connectivity index (χ2n) is 4.31. The quantitative estimate of drug-likeness (QED) is 0.735. The number of ketones is 1. The van der Waals surface area contributed by atoms with Crippen molar-refractivity contribution >= 4 is 34.3 Å². The van der Waals surface area contributed by atoms with Crippen molar-refractivity contribution in [1.82, 2.24) is 4.90 Å². The Labute approximate surface area is 114 Å². The van der Waals surface area contributed by atoms with Crippen molar-refractivity contribution in [2.75, 3.05) is 13.1 Å². The smallest absolute Gasteiger partial charge is 0.255 e. The molecule has 1 aliphatic heterocycles. The van der Waals surface area contributed by atoms with Crippen LogP contribution < -0.4 is 0 Å². The number of hydrogen-bond acceptors (Lipinski definition) is 2. The summed E-state index contributed by atoms with van der Waals surface area (Å²) in [7, 11) is 0. The zero-order chi connectivity index (χ0) is 12.4. The van der Waals surface area contributed by atoms with E-state index in [1.54, 1.807) is 4.90 Å². The Bertz CT molecular complexity index is 470. The van der Waals surface area contributed by atoms with Gasteiger partial charge in [0.25, 0.3) is 5.91 Å². The Morgan fingerprint density at radius 1 is 1.41 bits per heavy atom. The molecule has 1 fully saturated rings. The summed E-state index contributed by atoms with van der Waals surface area (Å²) in [5.74, 6) is 0.137. The molecule has 0 N–H and O–H groups in total. The summed E-state index contributed by atoms with van der Waals surface area (Å²) in [6.45, 7) is 2.94. The van der Waals surface area contributed by atoms with Crippen molar-refractivity contribution in [2.45, 2.75) is 19.8 Å². The fourth-order valence-electron chi connectivity index (χ4n) is 1.99. The predicted octanol–water partition coefficient (Wildman–Crippen LogP) is 2.40. The van der Waals surface area contributed by atoms with E-state index in [1.165, 1.54) is 0 Å². The Morgan fingerprint density at radius 3 is 2.88 bits per heavy atom. The van der Waals surface area contributed by atoms with Crippen LogP contribution in [-0.4, -0.2) is 29.7 Å². The summed E-state index contributed by atoms with van der Waals surface area (Å²) >= 11 is 2.19. The normalized spacial score (nSPS) is 16.1. The molecule has 1 saturated heterocycles. The minimum atomic E-state index is -0.0221. The van der Waals surface area contributed by atoms with Crippen LogP contribution >= 0.6 is 22.6 Å². The first kappa shape index (κ1) is 12.5. The van der Waals surface area contributed by atoms with Crippen LogP contribution in [0.1, 0.15) is 28.8 Å². The van der Waals surface area contributed by atoms with Crippen molar-refractivity contribution in [1.29, 1.82) is 0 Å². The van der Waals surface area contributed by atoms with Gasteiger partial charge in [0.05, 0.1) is 12.1 Å². The minimum absolute atomic E-state index is 0.0221. The van der Waals surface area contributed by atoms with Gasteiger partial charge in [0.15, 0.2) is 5.78 Å². The molecule has 0 aliphatic carbocycles. The molecule has 90 valence electrons. The molecule has 1 aromatic rings. The van der Waals surface area contributed by atoms with Crippen molar-refractivity contribution in [3.05, 3.63) is 32.9 Å². The fraction of sp³-hybridized carbons (Fsp3) is 0.385. The molecule has 1 aliphatic rings. The zero-order valence-corrected chi connectivity index (χ0v) is 11.9. The highest BCUT2D eigenvalue weighted by Crippen LogP contribution is 2.19. The van der Waals surface area contributed by atoms with Gasteiger partial charge in [-0.05, 0) is 47.6 Å². The maximum Gasteiger partial charge on any atom is 0.255 e. The number of rotatable bonds is 1. The molecule has 2 rings (SSSR count). The van der Waals surface area contributed by atoms with Gasteiger partial charge in [-0.15, -0.1) is 0 Å². The number of piperidine rings is 1. The molecule has 17 heavy (non-hydrogen) atoms. The highest BCUT2D eigenvalue weighted by Gasteiger charge is 2.23. The van der Waals surface area contributed by atoms with Crippen LogP contribution in [0.25, 0.3) is 0 Å². The zero-order valence-electron chi connectivity index (χ0n) is 9.70. The standard InChI is InChI=1S/C13H14INO2/c1-9-4-2-6-11(12(9)14)13(17)15-7-3-5-10(16)8-15/h2,4,6H,3,5,7-8H2,1H3. The first-order chi connectivity index (χ1) is 8.09. The molecule has 1 aromatic carbocycles. The van der Waals surface area contributed by atoms with E-state index in [2.05, 4.69) is 22.6 Å². The molecule has 3 nitrogen and oxygen atoms in total. The molecule has 0 aromatic heterocycles. The Hall–Kier alpha value is -0.910. The number of likely N-dealkylation sites (tertiary alicyclic amines) is 1. The van der Waals surface area contributed by atoms with Gasteiger partial charge in [0.2, 0.25) is 0 Å². The number of amides is 1. The maximum absolute atomic E-state index is 12.3. The number of aryl methyl sites for hydroxylation is 1. The topological polar surface area (TPSA) is 37.4 Å². The third-order valence-electron chi connectivity index (χ3n) is 2.96. The number of nitrogens with zero attached hydrogens (tertiary/aromatic N) is 1. The van der Waals surface area contributed by atoms with Gasteiger partial charge >= 0.3 is 0 Å². The average molecular weight is 343 g/mol. The van der Waals surface area contributed by atoms with Crippen LogP contribution in [0.5, 0.6) is 0 Å². The summed E-state index contributed by atoms with van der Waals surface area (Å²) < 4.78 is 0.980. The Kier molecular flexibility index (Phi) is 3.81. The van der Waals surface area contributed by atoms with Crippen molar-refractivity contribution < 1.29 is 9.59 Å². The number of benzene rings is 1. The highest BCUT2D eigenvalue weighted by atomic mass is 127.